The molecule has 3 heterocycles. The number of rotatable bonds is 12. The van der Waals surface area contributed by atoms with Gasteiger partial charge >= 0.3 is 0 Å². The second-order valence-corrected chi connectivity index (χ2v) is 17.0. The average Bonchev–Trinajstić information content (AvgIpc) is 3.98. The van der Waals surface area contributed by atoms with Crippen LogP contribution >= 0.6 is 24.2 Å². The number of halogens is 2. The standard InChI is InChI=1S/C42H48ClFN8O5S/c1-24-21-49(22-25(2)50(24)23-38(54)47-30-16-28(44)15-29(17-30)46-35-10-12-37(53)48-39(35)55)13-14-57-36-11-9-32(18-33(36)26-5-6-26)52-41(58)51(40(56)42(52,3)4)31-8-7-27(20-45)34(43)19-31/h7-9,11,15-19,24-26,35,41,46,58H,5-6,10,12-14,21-23H2,1-4H3,(H,47,54)(H,48,53,55)/t24-,25+,35?,41?. The normalized spacial score (nSPS) is 23.7. The van der Waals surface area contributed by atoms with Gasteiger partial charge in [-0.3, -0.25) is 39.2 Å². The van der Waals surface area contributed by atoms with Crippen LogP contribution in [0.5, 0.6) is 5.75 Å². The van der Waals surface area contributed by atoms with Crippen LogP contribution in [-0.2, 0) is 19.2 Å². The van der Waals surface area contributed by atoms with Gasteiger partial charge in [0.05, 0.1) is 17.1 Å². The minimum absolute atomic E-state index is 0.0636. The number of hydrogen-bond acceptors (Lipinski definition) is 11. The second kappa shape index (κ2) is 16.8. The molecule has 13 nitrogen and oxygen atoms in total. The molecule has 7 rings (SSSR count). The molecule has 4 amide bonds. The van der Waals surface area contributed by atoms with Crippen LogP contribution in [0.15, 0.2) is 54.6 Å². The highest BCUT2D eigenvalue weighted by atomic mass is 35.5. The fourth-order valence-electron chi connectivity index (χ4n) is 8.28. The van der Waals surface area contributed by atoms with Crippen molar-refractivity contribution >= 4 is 70.6 Å². The fraction of sp³-hybridized carbons (Fsp3) is 0.452. The highest BCUT2D eigenvalue weighted by molar-refractivity contribution is 7.81. The van der Waals surface area contributed by atoms with Crippen molar-refractivity contribution in [1.82, 2.24) is 15.1 Å². The van der Waals surface area contributed by atoms with Gasteiger partial charge in [0.15, 0.2) is 5.50 Å². The van der Waals surface area contributed by atoms with Crippen LogP contribution in [0.2, 0.25) is 5.02 Å². The number of hydrogen-bond donors (Lipinski definition) is 4. The molecule has 1 aliphatic carbocycles. The monoisotopic (exact) mass is 830 g/mol. The Balaban J connectivity index is 0.936. The topological polar surface area (TPSA) is 150 Å². The van der Waals surface area contributed by atoms with E-state index in [0.717, 1.165) is 42.9 Å². The van der Waals surface area contributed by atoms with Crippen molar-refractivity contribution < 1.29 is 28.3 Å². The van der Waals surface area contributed by atoms with E-state index in [-0.39, 0.29) is 53.5 Å². The molecule has 2 unspecified atom stereocenters. The number of piperidine rings is 1. The van der Waals surface area contributed by atoms with E-state index in [1.807, 2.05) is 30.9 Å². The van der Waals surface area contributed by atoms with Gasteiger partial charge in [-0.15, -0.1) is 12.6 Å². The lowest BCUT2D eigenvalue weighted by molar-refractivity contribution is -0.133. The molecule has 306 valence electrons. The highest BCUT2D eigenvalue weighted by Gasteiger charge is 2.51. The molecule has 1 saturated carbocycles. The minimum Gasteiger partial charge on any atom is -0.492 e. The van der Waals surface area contributed by atoms with Gasteiger partial charge in [-0.1, -0.05) is 11.6 Å². The largest absolute Gasteiger partial charge is 0.492 e. The first kappa shape index (κ1) is 41.3. The summed E-state index contributed by atoms with van der Waals surface area (Å²) in [4.78, 5) is 58.8. The van der Waals surface area contributed by atoms with Gasteiger partial charge in [0.2, 0.25) is 17.7 Å². The first-order valence-corrected chi connectivity index (χ1v) is 20.5. The Labute approximate surface area is 348 Å². The van der Waals surface area contributed by atoms with E-state index in [4.69, 9.17) is 29.0 Å². The molecule has 4 aliphatic rings. The maximum Gasteiger partial charge on any atom is 0.254 e. The summed E-state index contributed by atoms with van der Waals surface area (Å²) < 4.78 is 21.0. The molecule has 3 N–H and O–H groups in total. The maximum absolute atomic E-state index is 14.5. The number of carbonyl (C=O) groups excluding carboxylic acids is 4. The molecular formula is C42H48ClFN8O5S. The van der Waals surface area contributed by atoms with E-state index in [9.17, 15) is 28.8 Å². The van der Waals surface area contributed by atoms with Crippen LogP contribution in [0.3, 0.4) is 0 Å². The fourth-order valence-corrected chi connectivity index (χ4v) is 9.15. The van der Waals surface area contributed by atoms with E-state index in [0.29, 0.717) is 42.4 Å². The van der Waals surface area contributed by atoms with E-state index in [2.05, 4.69) is 51.7 Å². The molecule has 4 fully saturated rings. The number of nitrogens with zero attached hydrogens (tertiary/aromatic N) is 5. The molecule has 3 aromatic rings. The summed E-state index contributed by atoms with van der Waals surface area (Å²) in [5.74, 6) is -0.581. The molecule has 3 aromatic carbocycles. The number of ether oxygens (including phenoxy) is 1. The Bertz CT molecular complexity index is 2150. The van der Waals surface area contributed by atoms with Gasteiger partial charge in [-0.2, -0.15) is 5.26 Å². The zero-order valence-corrected chi connectivity index (χ0v) is 34.6. The number of imide groups is 1. The number of amides is 4. The SMILES string of the molecule is C[C@@H]1CN(CCOc2ccc(N3C(S)N(c4ccc(C#N)c(Cl)c4)C(=O)C3(C)C)cc2C2CC2)C[C@H](C)N1CC(=O)Nc1cc(F)cc(NC2CCC(=O)NC2=O)c1. The molecular weight excluding hydrogens is 783 g/mol. The molecule has 0 radical (unpaired) electrons. The number of carbonyl (C=O) groups is 4. The average molecular weight is 831 g/mol. The van der Waals surface area contributed by atoms with Gasteiger partial charge < -0.3 is 20.3 Å². The zero-order chi connectivity index (χ0) is 41.5. The van der Waals surface area contributed by atoms with Crippen molar-refractivity contribution in [1.29, 1.82) is 5.26 Å². The van der Waals surface area contributed by atoms with Gasteiger partial charge in [0.25, 0.3) is 5.91 Å². The Kier molecular flexibility index (Phi) is 11.9. The second-order valence-electron chi connectivity index (χ2n) is 16.1. The van der Waals surface area contributed by atoms with E-state index in [1.165, 1.54) is 12.1 Å². The maximum atomic E-state index is 14.5. The van der Waals surface area contributed by atoms with Crippen LogP contribution in [0.4, 0.5) is 27.1 Å². The molecule has 58 heavy (non-hydrogen) atoms. The third-order valence-electron chi connectivity index (χ3n) is 11.4. The summed E-state index contributed by atoms with van der Waals surface area (Å²) in [6, 6.07) is 16.6. The van der Waals surface area contributed by atoms with Crippen molar-refractivity contribution in [2.24, 2.45) is 0 Å². The molecule has 3 saturated heterocycles. The summed E-state index contributed by atoms with van der Waals surface area (Å²) in [6.45, 7) is 10.7. The lowest BCUT2D eigenvalue weighted by Crippen LogP contribution is -2.58. The molecule has 0 spiro atoms. The Morgan fingerprint density at radius 2 is 1.72 bits per heavy atom. The number of nitrogens with one attached hydrogen (secondary N) is 3. The summed E-state index contributed by atoms with van der Waals surface area (Å²) in [6.07, 6.45) is 2.61. The smallest absolute Gasteiger partial charge is 0.254 e. The number of anilines is 4. The lowest BCUT2D eigenvalue weighted by atomic mass is 10.0. The van der Waals surface area contributed by atoms with Crippen molar-refractivity contribution in [3.05, 3.63) is 76.6 Å². The van der Waals surface area contributed by atoms with Gasteiger partial charge in [0, 0.05) is 60.9 Å². The third kappa shape index (κ3) is 8.75. The molecule has 16 heteroatoms. The predicted octanol–water partition coefficient (Wildman–Crippen LogP) is 5.70. The summed E-state index contributed by atoms with van der Waals surface area (Å²) in [5.41, 5.74) is 1.96. The molecule has 4 atom stereocenters. The lowest BCUT2D eigenvalue weighted by Gasteiger charge is -2.44. The van der Waals surface area contributed by atoms with Crippen molar-refractivity contribution in [2.45, 2.75) is 88.5 Å². The quantitative estimate of drug-likeness (QED) is 0.132. The van der Waals surface area contributed by atoms with E-state index >= 15 is 0 Å². The molecule has 0 aromatic heterocycles. The van der Waals surface area contributed by atoms with Crippen molar-refractivity contribution in [3.63, 3.8) is 0 Å². The number of piperazine rings is 1. The minimum atomic E-state index is -0.911. The number of benzene rings is 3. The predicted molar refractivity (Wildman–Crippen MR) is 224 cm³/mol. The van der Waals surface area contributed by atoms with Crippen molar-refractivity contribution in [2.75, 3.05) is 53.2 Å². The Hall–Kier alpha value is -4.88. The van der Waals surface area contributed by atoms with Crippen LogP contribution in [0, 0.1) is 17.1 Å². The zero-order valence-electron chi connectivity index (χ0n) is 32.9. The summed E-state index contributed by atoms with van der Waals surface area (Å²) >= 11 is 11.3. The first-order valence-electron chi connectivity index (χ1n) is 19.6. The Morgan fingerprint density at radius 3 is 2.40 bits per heavy atom. The van der Waals surface area contributed by atoms with Gasteiger partial charge in [-0.25, -0.2) is 4.39 Å². The van der Waals surface area contributed by atoms with Crippen LogP contribution in [0.1, 0.15) is 70.4 Å². The van der Waals surface area contributed by atoms with Crippen molar-refractivity contribution in [3.8, 4) is 11.8 Å². The van der Waals surface area contributed by atoms with Gasteiger partial charge in [0.1, 0.15) is 35.8 Å². The summed E-state index contributed by atoms with van der Waals surface area (Å²) in [5, 5.41) is 17.7. The van der Waals surface area contributed by atoms with E-state index in [1.54, 1.807) is 29.2 Å². The first-order chi connectivity index (χ1) is 27.6. The third-order valence-corrected chi connectivity index (χ3v) is 12.2. The molecule has 0 bridgehead atoms. The Morgan fingerprint density at radius 1 is 1.02 bits per heavy atom. The number of thiol groups is 1. The van der Waals surface area contributed by atoms with Gasteiger partial charge in [-0.05, 0) is 113 Å². The number of nitriles is 1. The highest BCUT2D eigenvalue weighted by Crippen LogP contribution is 2.48. The molecule has 3 aliphatic heterocycles. The van der Waals surface area contributed by atoms with E-state index < -0.39 is 28.8 Å². The van der Waals surface area contributed by atoms with Crippen LogP contribution < -0.4 is 30.5 Å². The van der Waals surface area contributed by atoms with Crippen LogP contribution in [-0.4, -0.2) is 95.4 Å². The summed E-state index contributed by atoms with van der Waals surface area (Å²) in [7, 11) is 0. The van der Waals surface area contributed by atoms with Crippen LogP contribution in [0.25, 0.3) is 0 Å².